The highest BCUT2D eigenvalue weighted by molar-refractivity contribution is 7.92. The SMILES string of the molecule is CCCCNC(=O)[C@H](CC)N(Cc1c(Cl)cccc1Cl)C(=O)CN(c1ccc(OCC)cc1)S(=O)(=O)c1ccc(F)cc1. The van der Waals surface area contributed by atoms with Crippen LogP contribution in [0, 0.1) is 5.82 Å². The van der Waals surface area contributed by atoms with Gasteiger partial charge in [0.05, 0.1) is 17.2 Å². The van der Waals surface area contributed by atoms with Crippen LogP contribution in [0.3, 0.4) is 0 Å². The zero-order valence-corrected chi connectivity index (χ0v) is 26.7. The molecule has 8 nitrogen and oxygen atoms in total. The number of ether oxygens (including phenoxy) is 1. The standard InChI is InChI=1S/C31H36Cl2FN3O5S/c1-4-7-19-35-31(39)29(5-2)36(20-26-27(32)9-8-10-28(26)33)30(38)21-37(23-13-15-24(16-14-23)42-6-3)43(40,41)25-17-11-22(34)12-18-25/h8-18,29H,4-7,19-21H2,1-3H3,(H,35,39)/t29-/m0/s1. The molecule has 0 heterocycles. The maximum atomic E-state index is 14.2. The molecule has 0 bridgehead atoms. The number of amides is 2. The summed E-state index contributed by atoms with van der Waals surface area (Å²) in [6.45, 7) is 5.62. The van der Waals surface area contributed by atoms with Crippen molar-refractivity contribution in [3.05, 3.63) is 88.2 Å². The molecule has 232 valence electrons. The maximum Gasteiger partial charge on any atom is 0.264 e. The van der Waals surface area contributed by atoms with Crippen molar-refractivity contribution in [3.63, 3.8) is 0 Å². The molecule has 0 radical (unpaired) electrons. The van der Waals surface area contributed by atoms with E-state index < -0.39 is 34.3 Å². The van der Waals surface area contributed by atoms with Gasteiger partial charge >= 0.3 is 0 Å². The Morgan fingerprint density at radius 1 is 0.953 bits per heavy atom. The highest BCUT2D eigenvalue weighted by Gasteiger charge is 2.34. The molecule has 2 amide bonds. The zero-order chi connectivity index (χ0) is 31.6. The summed E-state index contributed by atoms with van der Waals surface area (Å²) in [6.07, 6.45) is 1.88. The van der Waals surface area contributed by atoms with E-state index in [4.69, 9.17) is 27.9 Å². The minimum absolute atomic E-state index is 0.134. The summed E-state index contributed by atoms with van der Waals surface area (Å²) in [7, 11) is -4.36. The molecule has 0 fully saturated rings. The van der Waals surface area contributed by atoms with E-state index in [1.807, 2.05) is 13.8 Å². The van der Waals surface area contributed by atoms with Crippen LogP contribution in [-0.2, 0) is 26.2 Å². The van der Waals surface area contributed by atoms with Gasteiger partial charge in [-0.3, -0.25) is 13.9 Å². The first-order valence-electron chi connectivity index (χ1n) is 14.0. The molecule has 1 atom stereocenters. The van der Waals surface area contributed by atoms with E-state index in [0.29, 0.717) is 34.5 Å². The Balaban J connectivity index is 2.08. The summed E-state index contributed by atoms with van der Waals surface area (Å²) in [5.41, 5.74) is 0.602. The number of carbonyl (C=O) groups is 2. The van der Waals surface area contributed by atoms with Crippen molar-refractivity contribution in [1.29, 1.82) is 0 Å². The minimum Gasteiger partial charge on any atom is -0.494 e. The number of anilines is 1. The Bertz CT molecular complexity index is 1470. The monoisotopic (exact) mass is 651 g/mol. The van der Waals surface area contributed by atoms with Gasteiger partial charge in [0.1, 0.15) is 24.2 Å². The molecule has 0 aromatic heterocycles. The summed E-state index contributed by atoms with van der Waals surface area (Å²) in [4.78, 5) is 28.6. The van der Waals surface area contributed by atoms with Gasteiger partial charge in [-0.05, 0) is 80.4 Å². The summed E-state index contributed by atoms with van der Waals surface area (Å²) < 4.78 is 47.9. The smallest absolute Gasteiger partial charge is 0.264 e. The number of hydrogen-bond donors (Lipinski definition) is 1. The van der Waals surface area contributed by atoms with Gasteiger partial charge in [0.2, 0.25) is 11.8 Å². The number of nitrogens with one attached hydrogen (secondary N) is 1. The van der Waals surface area contributed by atoms with E-state index in [2.05, 4.69) is 5.32 Å². The lowest BCUT2D eigenvalue weighted by Crippen LogP contribution is -2.52. The zero-order valence-electron chi connectivity index (χ0n) is 24.4. The normalized spacial score (nSPS) is 12.0. The summed E-state index contributed by atoms with van der Waals surface area (Å²) in [5.74, 6) is -1.12. The van der Waals surface area contributed by atoms with E-state index in [1.165, 1.54) is 17.0 Å². The number of hydrogen-bond acceptors (Lipinski definition) is 5. The van der Waals surface area contributed by atoms with Gasteiger partial charge in [-0.15, -0.1) is 0 Å². The molecular weight excluding hydrogens is 616 g/mol. The van der Waals surface area contributed by atoms with Crippen LogP contribution >= 0.6 is 23.2 Å². The third-order valence-electron chi connectivity index (χ3n) is 6.72. The van der Waals surface area contributed by atoms with Crippen molar-refractivity contribution >= 4 is 50.7 Å². The summed E-state index contributed by atoms with van der Waals surface area (Å²) >= 11 is 12.9. The van der Waals surface area contributed by atoms with Gasteiger partial charge in [0, 0.05) is 28.7 Å². The number of unbranched alkanes of at least 4 members (excludes halogenated alkanes) is 1. The summed E-state index contributed by atoms with van der Waals surface area (Å²) in [6, 6.07) is 14.5. The Morgan fingerprint density at radius 2 is 1.58 bits per heavy atom. The topological polar surface area (TPSA) is 96.0 Å². The molecule has 0 aliphatic carbocycles. The molecule has 3 rings (SSSR count). The lowest BCUT2D eigenvalue weighted by Gasteiger charge is -2.33. The van der Waals surface area contributed by atoms with Crippen molar-refractivity contribution in [2.45, 2.75) is 57.5 Å². The van der Waals surface area contributed by atoms with Gasteiger partial charge in [0.25, 0.3) is 10.0 Å². The van der Waals surface area contributed by atoms with Crippen LogP contribution in [0.5, 0.6) is 5.75 Å². The van der Waals surface area contributed by atoms with Crippen molar-refractivity contribution in [2.24, 2.45) is 0 Å². The van der Waals surface area contributed by atoms with E-state index in [9.17, 15) is 22.4 Å². The Kier molecular flexibility index (Phi) is 12.7. The van der Waals surface area contributed by atoms with Gasteiger partial charge in [-0.2, -0.15) is 0 Å². The highest BCUT2D eigenvalue weighted by atomic mass is 35.5. The van der Waals surface area contributed by atoms with Crippen LogP contribution in [0.25, 0.3) is 0 Å². The molecule has 3 aromatic rings. The number of rotatable bonds is 15. The van der Waals surface area contributed by atoms with E-state index in [-0.39, 0.29) is 29.5 Å². The fourth-order valence-corrected chi connectivity index (χ4v) is 6.35. The molecule has 0 spiro atoms. The van der Waals surface area contributed by atoms with Crippen molar-refractivity contribution < 1.29 is 27.1 Å². The lowest BCUT2D eigenvalue weighted by molar-refractivity contribution is -0.140. The van der Waals surface area contributed by atoms with E-state index in [0.717, 1.165) is 41.4 Å². The fourth-order valence-electron chi connectivity index (χ4n) is 4.42. The van der Waals surface area contributed by atoms with Crippen molar-refractivity contribution in [3.8, 4) is 5.75 Å². The second-order valence-electron chi connectivity index (χ2n) is 9.68. The summed E-state index contributed by atoms with van der Waals surface area (Å²) in [5, 5.41) is 3.47. The molecule has 0 aliphatic heterocycles. The second kappa shape index (κ2) is 15.9. The molecule has 43 heavy (non-hydrogen) atoms. The van der Waals surface area contributed by atoms with Crippen LogP contribution in [0.1, 0.15) is 45.6 Å². The number of benzene rings is 3. The first-order valence-corrected chi connectivity index (χ1v) is 16.2. The predicted octanol–water partition coefficient (Wildman–Crippen LogP) is 6.45. The molecule has 0 unspecified atom stereocenters. The van der Waals surface area contributed by atoms with Crippen LogP contribution in [-0.4, -0.2) is 50.9 Å². The minimum atomic E-state index is -4.36. The van der Waals surface area contributed by atoms with Gasteiger partial charge in [-0.25, -0.2) is 12.8 Å². The average Bonchev–Trinajstić information content (AvgIpc) is 2.98. The Morgan fingerprint density at radius 3 is 2.14 bits per heavy atom. The molecule has 0 saturated carbocycles. The molecule has 3 aromatic carbocycles. The van der Waals surface area contributed by atoms with Crippen LogP contribution in [0.15, 0.2) is 71.6 Å². The molecule has 1 N–H and O–H groups in total. The molecule has 12 heteroatoms. The fraction of sp³-hybridized carbons (Fsp3) is 0.355. The third kappa shape index (κ3) is 8.84. The number of halogens is 3. The van der Waals surface area contributed by atoms with Crippen LogP contribution < -0.4 is 14.4 Å². The Labute approximate surface area is 262 Å². The largest absolute Gasteiger partial charge is 0.494 e. The first-order chi connectivity index (χ1) is 20.5. The lowest BCUT2D eigenvalue weighted by atomic mass is 10.1. The number of sulfonamides is 1. The first kappa shape index (κ1) is 34.2. The van der Waals surface area contributed by atoms with Crippen molar-refractivity contribution in [1.82, 2.24) is 10.2 Å². The second-order valence-corrected chi connectivity index (χ2v) is 12.4. The van der Waals surface area contributed by atoms with Crippen LogP contribution in [0.2, 0.25) is 10.0 Å². The van der Waals surface area contributed by atoms with Gasteiger partial charge in [0.15, 0.2) is 0 Å². The van der Waals surface area contributed by atoms with Gasteiger partial charge < -0.3 is 15.0 Å². The molecule has 0 saturated heterocycles. The molecule has 0 aliphatic rings. The van der Waals surface area contributed by atoms with Crippen molar-refractivity contribution in [2.75, 3.05) is 24.0 Å². The number of nitrogens with zero attached hydrogens (tertiary/aromatic N) is 2. The van der Waals surface area contributed by atoms with Crippen LogP contribution in [0.4, 0.5) is 10.1 Å². The highest BCUT2D eigenvalue weighted by Crippen LogP contribution is 2.29. The third-order valence-corrected chi connectivity index (χ3v) is 9.22. The maximum absolute atomic E-state index is 14.2. The quantitative estimate of drug-likeness (QED) is 0.191. The van der Waals surface area contributed by atoms with Gasteiger partial charge in [-0.1, -0.05) is 49.5 Å². The van der Waals surface area contributed by atoms with E-state index in [1.54, 1.807) is 37.3 Å². The van der Waals surface area contributed by atoms with E-state index >= 15 is 0 Å². The number of carbonyl (C=O) groups excluding carboxylic acids is 2. The predicted molar refractivity (Wildman–Crippen MR) is 168 cm³/mol. The molecular formula is C31H36Cl2FN3O5S. The average molecular weight is 653 g/mol. The Hall–Kier alpha value is -3.34.